The van der Waals surface area contributed by atoms with Crippen LogP contribution in [0.15, 0.2) is 60.7 Å². The highest BCUT2D eigenvalue weighted by molar-refractivity contribution is 5.94. The van der Waals surface area contributed by atoms with Gasteiger partial charge in [-0.15, -0.1) is 0 Å². The number of anilines is 1. The van der Waals surface area contributed by atoms with Gasteiger partial charge in [-0.1, -0.05) is 30.3 Å². The van der Waals surface area contributed by atoms with Crippen molar-refractivity contribution in [2.45, 2.75) is 20.4 Å². The topological polar surface area (TPSA) is 87.5 Å². The summed E-state index contributed by atoms with van der Waals surface area (Å²) in [5.74, 6) is 0.228. The average Bonchev–Trinajstić information content (AvgIpc) is 3.07. The van der Waals surface area contributed by atoms with E-state index in [0.29, 0.717) is 17.9 Å². The van der Waals surface area contributed by atoms with E-state index in [1.807, 2.05) is 37.3 Å². The van der Waals surface area contributed by atoms with Crippen LogP contribution in [0.25, 0.3) is 5.69 Å². The van der Waals surface area contributed by atoms with Crippen LogP contribution < -0.4 is 5.32 Å². The van der Waals surface area contributed by atoms with E-state index in [1.54, 1.807) is 39.9 Å². The number of carbonyl (C=O) groups excluding carboxylic acids is 2. The summed E-state index contributed by atoms with van der Waals surface area (Å²) in [6, 6.07) is 18.5. The number of aromatic nitrogens is 2. The van der Waals surface area contributed by atoms with Gasteiger partial charge in [0.1, 0.15) is 5.82 Å². The molecule has 3 rings (SSSR count). The predicted molar refractivity (Wildman–Crippen MR) is 111 cm³/mol. The van der Waals surface area contributed by atoms with Gasteiger partial charge >= 0.3 is 0 Å². The Hall–Kier alpha value is -3.45. The third-order valence-corrected chi connectivity index (χ3v) is 4.37. The van der Waals surface area contributed by atoms with Crippen LogP contribution in [-0.2, 0) is 11.3 Å². The average molecular weight is 392 g/mol. The quantitative estimate of drug-likeness (QED) is 0.647. The standard InChI is InChI=1S/C22H24N4O3/c1-16-14-21(23-17(2)28)26(24-16)20-10-8-19(9-11-20)22(29)25(12-13-27)15-18-6-4-3-5-7-18/h3-11,14,27H,12-13,15H2,1-2H3,(H,23,28). The van der Waals surface area contributed by atoms with E-state index in [-0.39, 0.29) is 25.0 Å². The van der Waals surface area contributed by atoms with Crippen molar-refractivity contribution in [3.63, 3.8) is 0 Å². The van der Waals surface area contributed by atoms with Gasteiger partial charge in [-0.05, 0) is 36.8 Å². The lowest BCUT2D eigenvalue weighted by molar-refractivity contribution is -0.114. The predicted octanol–water partition coefficient (Wildman–Crippen LogP) is 2.77. The van der Waals surface area contributed by atoms with Gasteiger partial charge in [0, 0.05) is 31.6 Å². The van der Waals surface area contributed by atoms with Crippen molar-refractivity contribution in [3.8, 4) is 5.69 Å². The van der Waals surface area contributed by atoms with Crippen molar-refractivity contribution < 1.29 is 14.7 Å². The van der Waals surface area contributed by atoms with E-state index in [9.17, 15) is 14.7 Å². The molecule has 150 valence electrons. The maximum Gasteiger partial charge on any atom is 0.254 e. The second kappa shape index (κ2) is 9.16. The van der Waals surface area contributed by atoms with Crippen molar-refractivity contribution in [2.75, 3.05) is 18.5 Å². The summed E-state index contributed by atoms with van der Waals surface area (Å²) in [5.41, 5.74) is 3.02. The monoisotopic (exact) mass is 392 g/mol. The number of benzene rings is 2. The Morgan fingerprint density at radius 3 is 2.41 bits per heavy atom. The van der Waals surface area contributed by atoms with Crippen LogP contribution in [0.4, 0.5) is 5.82 Å². The fourth-order valence-electron chi connectivity index (χ4n) is 3.07. The zero-order valence-corrected chi connectivity index (χ0v) is 16.5. The Labute approximate surface area is 169 Å². The van der Waals surface area contributed by atoms with E-state index < -0.39 is 0 Å². The Morgan fingerprint density at radius 2 is 1.79 bits per heavy atom. The molecule has 0 unspecified atom stereocenters. The third kappa shape index (κ3) is 5.08. The Morgan fingerprint density at radius 1 is 1.10 bits per heavy atom. The molecule has 0 saturated heterocycles. The van der Waals surface area contributed by atoms with Gasteiger partial charge in [0.05, 0.1) is 18.0 Å². The van der Waals surface area contributed by atoms with Crippen LogP contribution in [-0.4, -0.2) is 44.8 Å². The Balaban J connectivity index is 1.81. The van der Waals surface area contributed by atoms with Crippen molar-refractivity contribution in [2.24, 2.45) is 0 Å². The maximum absolute atomic E-state index is 12.9. The number of hydrogen-bond donors (Lipinski definition) is 2. The normalized spacial score (nSPS) is 10.6. The van der Waals surface area contributed by atoms with Crippen LogP contribution in [0.1, 0.15) is 28.5 Å². The van der Waals surface area contributed by atoms with Crippen molar-refractivity contribution in [3.05, 3.63) is 77.5 Å². The van der Waals surface area contributed by atoms with Crippen LogP contribution in [0.3, 0.4) is 0 Å². The van der Waals surface area contributed by atoms with E-state index in [0.717, 1.165) is 16.9 Å². The molecule has 0 aliphatic heterocycles. The molecule has 2 aromatic carbocycles. The fraction of sp³-hybridized carbons (Fsp3) is 0.227. The Kier molecular flexibility index (Phi) is 6.41. The zero-order chi connectivity index (χ0) is 20.8. The first-order valence-electron chi connectivity index (χ1n) is 9.36. The number of aliphatic hydroxyl groups is 1. The summed E-state index contributed by atoms with van der Waals surface area (Å²) in [5, 5.41) is 16.5. The van der Waals surface area contributed by atoms with Crippen molar-refractivity contribution in [1.29, 1.82) is 0 Å². The molecule has 2 N–H and O–H groups in total. The number of hydrogen-bond acceptors (Lipinski definition) is 4. The number of nitrogens with zero attached hydrogens (tertiary/aromatic N) is 3. The molecule has 7 heteroatoms. The molecule has 1 aromatic heterocycles. The fourth-order valence-corrected chi connectivity index (χ4v) is 3.07. The lowest BCUT2D eigenvalue weighted by atomic mass is 10.1. The molecule has 29 heavy (non-hydrogen) atoms. The lowest BCUT2D eigenvalue weighted by Crippen LogP contribution is -2.33. The highest BCUT2D eigenvalue weighted by Crippen LogP contribution is 2.19. The number of nitrogens with one attached hydrogen (secondary N) is 1. The van der Waals surface area contributed by atoms with Gasteiger partial charge < -0.3 is 15.3 Å². The number of aryl methyl sites for hydroxylation is 1. The van der Waals surface area contributed by atoms with Crippen LogP contribution in [0.5, 0.6) is 0 Å². The zero-order valence-electron chi connectivity index (χ0n) is 16.5. The molecule has 0 fully saturated rings. The summed E-state index contributed by atoms with van der Waals surface area (Å²) < 4.78 is 1.63. The van der Waals surface area contributed by atoms with Gasteiger partial charge in [0.2, 0.25) is 5.91 Å². The van der Waals surface area contributed by atoms with Crippen LogP contribution in [0.2, 0.25) is 0 Å². The molecule has 0 radical (unpaired) electrons. The van der Waals surface area contributed by atoms with Crippen molar-refractivity contribution >= 4 is 17.6 Å². The Bertz CT molecular complexity index is 981. The van der Waals surface area contributed by atoms with Gasteiger partial charge in [-0.2, -0.15) is 5.10 Å². The SMILES string of the molecule is CC(=O)Nc1cc(C)nn1-c1ccc(C(=O)N(CCO)Cc2ccccc2)cc1. The number of rotatable bonds is 7. The smallest absolute Gasteiger partial charge is 0.254 e. The molecular formula is C22H24N4O3. The lowest BCUT2D eigenvalue weighted by Gasteiger charge is -2.22. The highest BCUT2D eigenvalue weighted by Gasteiger charge is 2.16. The minimum atomic E-state index is -0.182. The first-order chi connectivity index (χ1) is 14.0. The maximum atomic E-state index is 12.9. The summed E-state index contributed by atoms with van der Waals surface area (Å²) >= 11 is 0. The molecule has 1 heterocycles. The van der Waals surface area contributed by atoms with E-state index in [1.165, 1.54) is 6.92 Å². The van der Waals surface area contributed by atoms with Crippen molar-refractivity contribution in [1.82, 2.24) is 14.7 Å². The molecule has 0 saturated carbocycles. The highest BCUT2D eigenvalue weighted by atomic mass is 16.3. The minimum Gasteiger partial charge on any atom is -0.395 e. The van der Waals surface area contributed by atoms with E-state index in [2.05, 4.69) is 10.4 Å². The molecule has 0 bridgehead atoms. The second-order valence-corrected chi connectivity index (χ2v) is 6.75. The molecule has 0 aliphatic rings. The number of carbonyl (C=O) groups is 2. The molecule has 0 atom stereocenters. The van der Waals surface area contributed by atoms with Gasteiger partial charge in [-0.25, -0.2) is 4.68 Å². The minimum absolute atomic E-state index is 0.108. The van der Waals surface area contributed by atoms with E-state index in [4.69, 9.17) is 0 Å². The summed E-state index contributed by atoms with van der Waals surface area (Å²) in [7, 11) is 0. The first-order valence-corrected chi connectivity index (χ1v) is 9.36. The van der Waals surface area contributed by atoms with Crippen LogP contribution in [0, 0.1) is 6.92 Å². The largest absolute Gasteiger partial charge is 0.395 e. The van der Waals surface area contributed by atoms with E-state index >= 15 is 0 Å². The van der Waals surface area contributed by atoms with Gasteiger partial charge in [0.25, 0.3) is 5.91 Å². The molecule has 3 aromatic rings. The van der Waals surface area contributed by atoms with Crippen LogP contribution >= 0.6 is 0 Å². The van der Waals surface area contributed by atoms with Gasteiger partial charge in [0.15, 0.2) is 0 Å². The third-order valence-electron chi connectivity index (χ3n) is 4.37. The number of aliphatic hydroxyl groups excluding tert-OH is 1. The molecular weight excluding hydrogens is 368 g/mol. The molecule has 0 spiro atoms. The molecule has 2 amide bonds. The molecule has 0 aliphatic carbocycles. The summed E-state index contributed by atoms with van der Waals surface area (Å²) in [6.07, 6.45) is 0. The molecule has 7 nitrogen and oxygen atoms in total. The summed E-state index contributed by atoms with van der Waals surface area (Å²) in [4.78, 5) is 26.0. The number of amides is 2. The first kappa shape index (κ1) is 20.3. The second-order valence-electron chi connectivity index (χ2n) is 6.75. The van der Waals surface area contributed by atoms with Gasteiger partial charge in [-0.3, -0.25) is 9.59 Å². The summed E-state index contributed by atoms with van der Waals surface area (Å²) in [6.45, 7) is 3.85.